The SMILES string of the molecule is CCC1(CC)CC(N2CCNC(C)(C3CC3)C2)CCO1. The number of piperazine rings is 1. The predicted molar refractivity (Wildman–Crippen MR) is 83.0 cm³/mol. The average Bonchev–Trinajstić information content (AvgIpc) is 3.32. The van der Waals surface area contributed by atoms with Crippen molar-refractivity contribution in [3.63, 3.8) is 0 Å². The van der Waals surface area contributed by atoms with Crippen LogP contribution in [0.15, 0.2) is 0 Å². The number of ether oxygens (including phenoxy) is 1. The number of nitrogens with one attached hydrogen (secondary N) is 1. The molecule has 0 aromatic rings. The second-order valence-electron chi connectivity index (χ2n) is 7.47. The molecule has 2 atom stereocenters. The fourth-order valence-corrected chi connectivity index (χ4v) is 4.40. The van der Waals surface area contributed by atoms with Gasteiger partial charge in [-0.15, -0.1) is 0 Å². The second-order valence-corrected chi connectivity index (χ2v) is 7.47. The van der Waals surface area contributed by atoms with Crippen LogP contribution in [0.25, 0.3) is 0 Å². The molecule has 0 radical (unpaired) electrons. The first-order valence-corrected chi connectivity index (χ1v) is 8.74. The highest BCUT2D eigenvalue weighted by molar-refractivity contribution is 5.03. The van der Waals surface area contributed by atoms with E-state index in [1.165, 1.54) is 38.8 Å². The molecular formula is C17H32N2O. The maximum atomic E-state index is 6.15. The van der Waals surface area contributed by atoms with Gasteiger partial charge in [-0.3, -0.25) is 4.90 Å². The molecule has 2 saturated heterocycles. The maximum Gasteiger partial charge on any atom is 0.0692 e. The van der Waals surface area contributed by atoms with Gasteiger partial charge in [-0.25, -0.2) is 0 Å². The lowest BCUT2D eigenvalue weighted by atomic mass is 9.83. The van der Waals surface area contributed by atoms with E-state index in [2.05, 4.69) is 31.0 Å². The summed E-state index contributed by atoms with van der Waals surface area (Å²) in [5.41, 5.74) is 0.529. The molecule has 3 rings (SSSR count). The second kappa shape index (κ2) is 5.58. The van der Waals surface area contributed by atoms with Crippen molar-refractivity contribution in [3.05, 3.63) is 0 Å². The maximum absolute atomic E-state index is 6.15. The van der Waals surface area contributed by atoms with Gasteiger partial charge in [0.1, 0.15) is 0 Å². The first-order valence-electron chi connectivity index (χ1n) is 8.74. The van der Waals surface area contributed by atoms with Crippen molar-refractivity contribution in [1.82, 2.24) is 10.2 Å². The molecule has 116 valence electrons. The summed E-state index contributed by atoms with van der Waals surface area (Å²) in [6, 6.07) is 0.740. The van der Waals surface area contributed by atoms with Gasteiger partial charge in [-0.1, -0.05) is 13.8 Å². The minimum Gasteiger partial charge on any atom is -0.375 e. The molecule has 0 bridgehead atoms. The van der Waals surface area contributed by atoms with Gasteiger partial charge in [0, 0.05) is 37.8 Å². The molecule has 3 fully saturated rings. The van der Waals surface area contributed by atoms with E-state index in [4.69, 9.17) is 4.74 Å². The molecule has 3 nitrogen and oxygen atoms in total. The monoisotopic (exact) mass is 280 g/mol. The van der Waals surface area contributed by atoms with Gasteiger partial charge in [0.25, 0.3) is 0 Å². The van der Waals surface area contributed by atoms with E-state index >= 15 is 0 Å². The number of rotatable bonds is 4. The molecular weight excluding hydrogens is 248 g/mol. The zero-order valence-electron chi connectivity index (χ0n) is 13.6. The van der Waals surface area contributed by atoms with Gasteiger partial charge in [-0.2, -0.15) is 0 Å². The summed E-state index contributed by atoms with van der Waals surface area (Å²) < 4.78 is 6.15. The Kier molecular flexibility index (Phi) is 4.13. The molecule has 2 heterocycles. The summed E-state index contributed by atoms with van der Waals surface area (Å²) in [6.45, 7) is 11.6. The Morgan fingerprint density at radius 3 is 2.60 bits per heavy atom. The lowest BCUT2D eigenvalue weighted by Crippen LogP contribution is -2.63. The average molecular weight is 280 g/mol. The predicted octanol–water partition coefficient (Wildman–Crippen LogP) is 2.80. The first-order chi connectivity index (χ1) is 9.61. The van der Waals surface area contributed by atoms with Crippen molar-refractivity contribution in [2.45, 2.75) is 76.5 Å². The summed E-state index contributed by atoms with van der Waals surface area (Å²) in [5.74, 6) is 0.923. The Morgan fingerprint density at radius 1 is 1.20 bits per heavy atom. The first kappa shape index (κ1) is 14.8. The molecule has 0 aromatic carbocycles. The minimum atomic E-state index is 0.157. The van der Waals surface area contributed by atoms with Gasteiger partial charge in [-0.05, 0) is 51.4 Å². The molecule has 0 spiro atoms. The summed E-state index contributed by atoms with van der Waals surface area (Å²) in [4.78, 5) is 2.78. The van der Waals surface area contributed by atoms with E-state index < -0.39 is 0 Å². The molecule has 1 saturated carbocycles. The lowest BCUT2D eigenvalue weighted by molar-refractivity contribution is -0.115. The summed E-state index contributed by atoms with van der Waals surface area (Å²) in [5, 5.41) is 3.80. The molecule has 0 amide bonds. The number of hydrogen-bond acceptors (Lipinski definition) is 3. The van der Waals surface area contributed by atoms with Gasteiger partial charge in [0.15, 0.2) is 0 Å². The van der Waals surface area contributed by atoms with Crippen molar-refractivity contribution in [2.75, 3.05) is 26.2 Å². The van der Waals surface area contributed by atoms with Crippen molar-refractivity contribution >= 4 is 0 Å². The molecule has 3 heteroatoms. The molecule has 3 aliphatic rings. The Bertz CT molecular complexity index is 322. The molecule has 0 aromatic heterocycles. The minimum absolute atomic E-state index is 0.157. The summed E-state index contributed by atoms with van der Waals surface area (Å²) >= 11 is 0. The molecule has 2 aliphatic heterocycles. The van der Waals surface area contributed by atoms with E-state index in [-0.39, 0.29) is 5.60 Å². The number of hydrogen-bond donors (Lipinski definition) is 1. The Labute approximate surface area is 124 Å². The van der Waals surface area contributed by atoms with Gasteiger partial charge < -0.3 is 10.1 Å². The van der Waals surface area contributed by atoms with E-state index in [0.29, 0.717) is 5.54 Å². The molecule has 1 aliphatic carbocycles. The van der Waals surface area contributed by atoms with Crippen LogP contribution in [0.3, 0.4) is 0 Å². The van der Waals surface area contributed by atoms with E-state index in [1.54, 1.807) is 0 Å². The van der Waals surface area contributed by atoms with Crippen LogP contribution in [0.4, 0.5) is 0 Å². The fraction of sp³-hybridized carbons (Fsp3) is 1.00. The van der Waals surface area contributed by atoms with E-state index in [0.717, 1.165) is 38.0 Å². The standard InChI is InChI=1S/C17H32N2O/c1-4-17(5-2)12-15(8-11-20-17)19-10-9-18-16(3,13-19)14-6-7-14/h14-15,18H,4-13H2,1-3H3. The van der Waals surface area contributed by atoms with Gasteiger partial charge in [0.05, 0.1) is 5.60 Å². The van der Waals surface area contributed by atoms with Crippen LogP contribution in [0.2, 0.25) is 0 Å². The van der Waals surface area contributed by atoms with Crippen LogP contribution >= 0.6 is 0 Å². The smallest absolute Gasteiger partial charge is 0.0692 e. The normalized spacial score (nSPS) is 38.9. The van der Waals surface area contributed by atoms with Crippen molar-refractivity contribution in [1.29, 1.82) is 0 Å². The van der Waals surface area contributed by atoms with Crippen LogP contribution in [0.1, 0.15) is 59.3 Å². The zero-order valence-corrected chi connectivity index (χ0v) is 13.6. The van der Waals surface area contributed by atoms with Crippen LogP contribution in [0, 0.1) is 5.92 Å². The zero-order chi connectivity index (χ0) is 14.2. The quantitative estimate of drug-likeness (QED) is 0.857. The highest BCUT2D eigenvalue weighted by atomic mass is 16.5. The molecule has 20 heavy (non-hydrogen) atoms. The van der Waals surface area contributed by atoms with Crippen LogP contribution < -0.4 is 5.32 Å². The molecule has 2 unspecified atom stereocenters. The number of nitrogens with zero attached hydrogens (tertiary/aromatic N) is 1. The van der Waals surface area contributed by atoms with Crippen molar-refractivity contribution < 1.29 is 4.74 Å². The van der Waals surface area contributed by atoms with Crippen LogP contribution in [0.5, 0.6) is 0 Å². The molecule has 1 N–H and O–H groups in total. The van der Waals surface area contributed by atoms with Crippen LogP contribution in [-0.4, -0.2) is 48.3 Å². The summed E-state index contributed by atoms with van der Waals surface area (Å²) in [6.07, 6.45) is 7.64. The third-order valence-electron chi connectivity index (χ3n) is 6.21. The highest BCUT2D eigenvalue weighted by Crippen LogP contribution is 2.42. The van der Waals surface area contributed by atoms with Gasteiger partial charge >= 0.3 is 0 Å². The van der Waals surface area contributed by atoms with Crippen LogP contribution in [-0.2, 0) is 4.74 Å². The Morgan fingerprint density at radius 2 is 1.95 bits per heavy atom. The highest BCUT2D eigenvalue weighted by Gasteiger charge is 2.46. The van der Waals surface area contributed by atoms with Gasteiger partial charge in [0.2, 0.25) is 0 Å². The Balaban J connectivity index is 1.66. The fourth-order valence-electron chi connectivity index (χ4n) is 4.40. The largest absolute Gasteiger partial charge is 0.375 e. The third kappa shape index (κ3) is 2.77. The lowest BCUT2D eigenvalue weighted by Gasteiger charge is -2.49. The van der Waals surface area contributed by atoms with Crippen molar-refractivity contribution in [2.24, 2.45) is 5.92 Å². The van der Waals surface area contributed by atoms with Crippen molar-refractivity contribution in [3.8, 4) is 0 Å². The summed E-state index contributed by atoms with van der Waals surface area (Å²) in [7, 11) is 0. The van der Waals surface area contributed by atoms with E-state index in [1.807, 2.05) is 0 Å². The van der Waals surface area contributed by atoms with E-state index in [9.17, 15) is 0 Å². The topological polar surface area (TPSA) is 24.5 Å². The third-order valence-corrected chi connectivity index (χ3v) is 6.21. The Hall–Kier alpha value is -0.120.